The third-order valence-corrected chi connectivity index (χ3v) is 3.95. The molecule has 1 amide bonds. The number of nitrogens with zero attached hydrogens (tertiary/aromatic N) is 2. The minimum Gasteiger partial charge on any atom is -0.507 e. The molecule has 0 aliphatic rings. The van der Waals surface area contributed by atoms with Gasteiger partial charge in [-0.15, -0.1) is 0 Å². The fourth-order valence-corrected chi connectivity index (χ4v) is 2.51. The monoisotopic (exact) mass is 333 g/mol. The van der Waals surface area contributed by atoms with Crippen molar-refractivity contribution in [2.45, 2.75) is 0 Å². The predicted octanol–water partition coefficient (Wildman–Crippen LogP) is 3.38. The predicted molar refractivity (Wildman–Crippen MR) is 101 cm³/mol. The highest BCUT2D eigenvalue weighted by Crippen LogP contribution is 2.27. The maximum atomic E-state index is 12.1. The molecule has 0 aromatic heterocycles. The van der Waals surface area contributed by atoms with Gasteiger partial charge in [-0.25, -0.2) is 5.43 Å². The zero-order chi connectivity index (χ0) is 17.8. The van der Waals surface area contributed by atoms with E-state index in [0.29, 0.717) is 11.1 Å². The highest BCUT2D eigenvalue weighted by atomic mass is 16.3. The molecule has 5 heteroatoms. The molecule has 3 rings (SSSR count). The summed E-state index contributed by atoms with van der Waals surface area (Å²) >= 11 is 0. The van der Waals surface area contributed by atoms with Gasteiger partial charge in [0.2, 0.25) is 0 Å². The summed E-state index contributed by atoms with van der Waals surface area (Å²) in [4.78, 5) is 14.1. The summed E-state index contributed by atoms with van der Waals surface area (Å²) < 4.78 is 0. The number of hydrogen-bond acceptors (Lipinski definition) is 4. The Kier molecular flexibility index (Phi) is 4.66. The number of nitrogens with one attached hydrogen (secondary N) is 1. The molecule has 0 spiro atoms. The number of aromatic hydroxyl groups is 1. The highest BCUT2D eigenvalue weighted by molar-refractivity contribution is 5.98. The Morgan fingerprint density at radius 2 is 1.76 bits per heavy atom. The Hall–Kier alpha value is -3.34. The summed E-state index contributed by atoms with van der Waals surface area (Å²) in [6.07, 6.45) is 1.44. The van der Waals surface area contributed by atoms with E-state index in [-0.39, 0.29) is 11.7 Å². The van der Waals surface area contributed by atoms with E-state index in [0.717, 1.165) is 16.5 Å². The first-order valence-corrected chi connectivity index (χ1v) is 7.88. The van der Waals surface area contributed by atoms with Gasteiger partial charge in [0, 0.05) is 36.3 Å². The molecule has 0 aliphatic carbocycles. The summed E-state index contributed by atoms with van der Waals surface area (Å²) in [5, 5.41) is 15.9. The normalized spacial score (nSPS) is 11.0. The van der Waals surface area contributed by atoms with E-state index in [1.165, 1.54) is 6.21 Å². The first-order valence-electron chi connectivity index (χ1n) is 7.88. The summed E-state index contributed by atoms with van der Waals surface area (Å²) in [5.41, 5.74) is 4.55. The van der Waals surface area contributed by atoms with Crippen molar-refractivity contribution in [3.63, 3.8) is 0 Å². The van der Waals surface area contributed by atoms with Crippen LogP contribution in [-0.4, -0.2) is 31.3 Å². The lowest BCUT2D eigenvalue weighted by molar-refractivity contribution is 0.0955. The van der Waals surface area contributed by atoms with Crippen molar-refractivity contribution >= 4 is 28.6 Å². The lowest BCUT2D eigenvalue weighted by Crippen LogP contribution is -2.18. The van der Waals surface area contributed by atoms with Crippen LogP contribution < -0.4 is 10.3 Å². The third-order valence-electron chi connectivity index (χ3n) is 3.95. The van der Waals surface area contributed by atoms with Crippen LogP contribution in [0.3, 0.4) is 0 Å². The highest BCUT2D eigenvalue weighted by Gasteiger charge is 2.06. The molecule has 25 heavy (non-hydrogen) atoms. The summed E-state index contributed by atoms with van der Waals surface area (Å²) in [6, 6.07) is 18.4. The molecule has 2 N–H and O–H groups in total. The fourth-order valence-electron chi connectivity index (χ4n) is 2.51. The number of carbonyl (C=O) groups excluding carboxylic acids is 1. The van der Waals surface area contributed by atoms with E-state index in [1.54, 1.807) is 18.2 Å². The van der Waals surface area contributed by atoms with Crippen LogP contribution in [0.15, 0.2) is 65.8 Å². The lowest BCUT2D eigenvalue weighted by Gasteiger charge is -2.12. The van der Waals surface area contributed by atoms with E-state index in [1.807, 2.05) is 61.5 Å². The molecule has 3 aromatic rings. The van der Waals surface area contributed by atoms with Gasteiger partial charge in [0.1, 0.15) is 5.75 Å². The van der Waals surface area contributed by atoms with Gasteiger partial charge in [-0.1, -0.05) is 30.3 Å². The molecule has 0 fully saturated rings. The van der Waals surface area contributed by atoms with E-state index in [9.17, 15) is 9.90 Å². The molecule has 0 unspecified atom stereocenters. The van der Waals surface area contributed by atoms with E-state index in [4.69, 9.17) is 0 Å². The van der Waals surface area contributed by atoms with Gasteiger partial charge >= 0.3 is 0 Å². The van der Waals surface area contributed by atoms with Gasteiger partial charge in [-0.2, -0.15) is 5.10 Å². The first-order chi connectivity index (χ1) is 12.1. The molecule has 0 aliphatic heterocycles. The van der Waals surface area contributed by atoms with E-state index < -0.39 is 0 Å². The zero-order valence-corrected chi connectivity index (χ0v) is 14.1. The number of rotatable bonds is 4. The van der Waals surface area contributed by atoms with Gasteiger partial charge in [-0.3, -0.25) is 4.79 Å². The minimum absolute atomic E-state index is 0.145. The summed E-state index contributed by atoms with van der Waals surface area (Å²) in [5.74, 6) is -0.159. The third kappa shape index (κ3) is 3.61. The number of hydrazone groups is 1. The number of phenolic OH excluding ortho intramolecular Hbond substituents is 1. The Bertz CT molecular complexity index is 931. The molecule has 126 valence electrons. The summed E-state index contributed by atoms with van der Waals surface area (Å²) in [6.45, 7) is 0. The SMILES string of the molecule is CN(C)c1ccc(C(=O)N/N=C/c2ccc3ccccc3c2O)cc1. The molecule has 0 heterocycles. The van der Waals surface area contributed by atoms with Crippen LogP contribution in [0.2, 0.25) is 0 Å². The first kappa shape index (κ1) is 16.5. The smallest absolute Gasteiger partial charge is 0.271 e. The standard InChI is InChI=1S/C20H19N3O2/c1-23(2)17-11-9-15(10-12-17)20(25)22-21-13-16-8-7-14-5-3-4-6-18(14)19(16)24/h3-13,24H,1-2H3,(H,22,25)/b21-13+. The van der Waals surface area contributed by atoms with Gasteiger partial charge in [0.05, 0.1) is 6.21 Å². The van der Waals surface area contributed by atoms with Crippen molar-refractivity contribution in [1.29, 1.82) is 0 Å². The Morgan fingerprint density at radius 3 is 2.48 bits per heavy atom. The Balaban J connectivity index is 1.72. The lowest BCUT2D eigenvalue weighted by atomic mass is 10.1. The van der Waals surface area contributed by atoms with Crippen LogP contribution in [0, 0.1) is 0 Å². The molecule has 0 saturated carbocycles. The molecule has 0 saturated heterocycles. The average molecular weight is 333 g/mol. The van der Waals surface area contributed by atoms with Crippen LogP contribution in [0.25, 0.3) is 10.8 Å². The van der Waals surface area contributed by atoms with Gasteiger partial charge in [-0.05, 0) is 35.7 Å². The van der Waals surface area contributed by atoms with Crippen molar-refractivity contribution in [1.82, 2.24) is 5.43 Å². The Morgan fingerprint density at radius 1 is 1.04 bits per heavy atom. The maximum Gasteiger partial charge on any atom is 0.271 e. The number of fused-ring (bicyclic) bond motifs is 1. The average Bonchev–Trinajstić information content (AvgIpc) is 2.64. The second-order valence-corrected chi connectivity index (χ2v) is 5.86. The largest absolute Gasteiger partial charge is 0.507 e. The maximum absolute atomic E-state index is 12.1. The summed E-state index contributed by atoms with van der Waals surface area (Å²) in [7, 11) is 3.88. The number of benzene rings is 3. The van der Waals surface area contributed by atoms with Crippen molar-refractivity contribution in [3.8, 4) is 5.75 Å². The number of carbonyl (C=O) groups is 1. The van der Waals surface area contributed by atoms with Crippen LogP contribution in [0.4, 0.5) is 5.69 Å². The number of hydrogen-bond donors (Lipinski definition) is 2. The molecule has 0 atom stereocenters. The van der Waals surface area contributed by atoms with Crippen molar-refractivity contribution in [2.24, 2.45) is 5.10 Å². The van der Waals surface area contributed by atoms with Crippen molar-refractivity contribution in [3.05, 3.63) is 71.8 Å². The van der Waals surface area contributed by atoms with Gasteiger partial charge < -0.3 is 10.0 Å². The number of phenols is 1. The van der Waals surface area contributed by atoms with Crippen molar-refractivity contribution < 1.29 is 9.90 Å². The quantitative estimate of drug-likeness (QED) is 0.568. The second-order valence-electron chi connectivity index (χ2n) is 5.86. The van der Waals surface area contributed by atoms with E-state index in [2.05, 4.69) is 10.5 Å². The van der Waals surface area contributed by atoms with Crippen LogP contribution >= 0.6 is 0 Å². The minimum atomic E-state index is -0.304. The van der Waals surface area contributed by atoms with Crippen molar-refractivity contribution in [2.75, 3.05) is 19.0 Å². The van der Waals surface area contributed by atoms with Crippen LogP contribution in [0.5, 0.6) is 5.75 Å². The molecule has 0 bridgehead atoms. The zero-order valence-electron chi connectivity index (χ0n) is 14.1. The molecule has 5 nitrogen and oxygen atoms in total. The van der Waals surface area contributed by atoms with Crippen LogP contribution in [0.1, 0.15) is 15.9 Å². The number of amides is 1. The van der Waals surface area contributed by atoms with E-state index >= 15 is 0 Å². The van der Waals surface area contributed by atoms with Crippen LogP contribution in [-0.2, 0) is 0 Å². The Labute approximate surface area is 146 Å². The topological polar surface area (TPSA) is 64.9 Å². The van der Waals surface area contributed by atoms with Gasteiger partial charge in [0.25, 0.3) is 5.91 Å². The number of anilines is 1. The molecule has 3 aromatic carbocycles. The molecular weight excluding hydrogens is 314 g/mol. The fraction of sp³-hybridized carbons (Fsp3) is 0.100. The van der Waals surface area contributed by atoms with Gasteiger partial charge in [0.15, 0.2) is 0 Å². The second kappa shape index (κ2) is 7.05. The molecular formula is C20H19N3O2. The molecule has 0 radical (unpaired) electrons.